The van der Waals surface area contributed by atoms with E-state index < -0.39 is 23.7 Å². The van der Waals surface area contributed by atoms with E-state index in [0.29, 0.717) is 0 Å². The van der Waals surface area contributed by atoms with Crippen molar-refractivity contribution in [2.75, 3.05) is 0 Å². The SMILES string of the molecule is C[Si](C)(C)c1ncccc1OS(=O)(=O)C(F)(F)F. The fourth-order valence-corrected chi connectivity index (χ4v) is 3.06. The van der Waals surface area contributed by atoms with E-state index in [9.17, 15) is 21.6 Å². The highest BCUT2D eigenvalue weighted by atomic mass is 32.2. The van der Waals surface area contributed by atoms with Gasteiger partial charge in [0.1, 0.15) is 8.07 Å². The Bertz CT molecular complexity index is 537. The van der Waals surface area contributed by atoms with Crippen molar-refractivity contribution in [1.29, 1.82) is 0 Å². The van der Waals surface area contributed by atoms with Gasteiger partial charge in [-0.2, -0.15) is 21.6 Å². The Hall–Kier alpha value is -1.09. The zero-order valence-electron chi connectivity index (χ0n) is 9.95. The highest BCUT2D eigenvalue weighted by Gasteiger charge is 2.49. The lowest BCUT2D eigenvalue weighted by atomic mass is 10.5. The normalized spacial score (nSPS) is 13.4. The van der Waals surface area contributed by atoms with E-state index >= 15 is 0 Å². The molecule has 0 bridgehead atoms. The van der Waals surface area contributed by atoms with Crippen LogP contribution in [0.2, 0.25) is 19.6 Å². The summed E-state index contributed by atoms with van der Waals surface area (Å²) < 4.78 is 62.7. The van der Waals surface area contributed by atoms with Gasteiger partial charge >= 0.3 is 15.6 Å². The zero-order valence-corrected chi connectivity index (χ0v) is 11.8. The minimum Gasteiger partial charge on any atom is -0.375 e. The van der Waals surface area contributed by atoms with Crippen LogP contribution in [0.4, 0.5) is 13.2 Å². The maximum absolute atomic E-state index is 12.2. The Balaban J connectivity index is 3.22. The Kier molecular flexibility index (Phi) is 3.77. The number of aromatic nitrogens is 1. The van der Waals surface area contributed by atoms with Crippen molar-refractivity contribution in [2.45, 2.75) is 25.1 Å². The molecule has 0 saturated heterocycles. The van der Waals surface area contributed by atoms with E-state index in [-0.39, 0.29) is 11.1 Å². The molecule has 1 aromatic rings. The Morgan fingerprint density at radius 2 is 1.83 bits per heavy atom. The van der Waals surface area contributed by atoms with Crippen molar-refractivity contribution in [1.82, 2.24) is 4.98 Å². The van der Waals surface area contributed by atoms with Gasteiger partial charge in [-0.3, -0.25) is 4.98 Å². The minimum atomic E-state index is -5.65. The predicted octanol–water partition coefficient (Wildman–Crippen LogP) is 1.86. The van der Waals surface area contributed by atoms with Gasteiger partial charge in [-0.05, 0) is 12.1 Å². The Morgan fingerprint density at radius 3 is 2.28 bits per heavy atom. The maximum Gasteiger partial charge on any atom is 0.534 e. The van der Waals surface area contributed by atoms with Crippen molar-refractivity contribution < 1.29 is 25.8 Å². The fraction of sp³-hybridized carbons (Fsp3) is 0.444. The van der Waals surface area contributed by atoms with Crippen molar-refractivity contribution in [3.05, 3.63) is 18.3 Å². The smallest absolute Gasteiger partial charge is 0.375 e. The largest absolute Gasteiger partial charge is 0.534 e. The monoisotopic (exact) mass is 299 g/mol. The summed E-state index contributed by atoms with van der Waals surface area (Å²) in [6.07, 6.45) is 1.39. The molecule has 0 aliphatic rings. The molecule has 102 valence electrons. The number of nitrogens with zero attached hydrogens (tertiary/aromatic N) is 1. The van der Waals surface area contributed by atoms with Crippen LogP contribution in [0, 0.1) is 0 Å². The van der Waals surface area contributed by atoms with Crippen LogP contribution in [0.5, 0.6) is 5.75 Å². The molecule has 0 N–H and O–H groups in total. The zero-order chi connectivity index (χ0) is 14.2. The molecule has 0 aliphatic heterocycles. The second-order valence-electron chi connectivity index (χ2n) is 4.58. The maximum atomic E-state index is 12.2. The molecular weight excluding hydrogens is 287 g/mol. The molecule has 1 rings (SSSR count). The van der Waals surface area contributed by atoms with Crippen LogP contribution < -0.4 is 9.50 Å². The van der Waals surface area contributed by atoms with Crippen LogP contribution in [-0.2, 0) is 10.1 Å². The first-order valence-electron chi connectivity index (χ1n) is 4.91. The van der Waals surface area contributed by atoms with Crippen LogP contribution in [0.1, 0.15) is 0 Å². The third kappa shape index (κ3) is 3.22. The van der Waals surface area contributed by atoms with E-state index in [2.05, 4.69) is 9.17 Å². The molecule has 0 radical (unpaired) electrons. The molecule has 0 unspecified atom stereocenters. The summed E-state index contributed by atoms with van der Waals surface area (Å²) in [5.41, 5.74) is -5.44. The summed E-state index contributed by atoms with van der Waals surface area (Å²) in [7, 11) is -7.76. The molecule has 0 aliphatic carbocycles. The van der Waals surface area contributed by atoms with E-state index in [1.54, 1.807) is 0 Å². The first-order valence-corrected chi connectivity index (χ1v) is 9.82. The third-order valence-electron chi connectivity index (χ3n) is 1.96. The first kappa shape index (κ1) is 15.0. The third-order valence-corrected chi connectivity index (χ3v) is 4.73. The van der Waals surface area contributed by atoms with Gasteiger partial charge < -0.3 is 4.18 Å². The number of hydrogen-bond acceptors (Lipinski definition) is 4. The summed E-state index contributed by atoms with van der Waals surface area (Å²) in [5, 5.41) is 0.276. The molecule has 0 fully saturated rings. The molecule has 0 aromatic carbocycles. The van der Waals surface area contributed by atoms with E-state index in [4.69, 9.17) is 0 Å². The second kappa shape index (κ2) is 4.54. The molecule has 0 atom stereocenters. The number of alkyl halides is 3. The van der Waals surface area contributed by atoms with Gasteiger partial charge in [0.15, 0.2) is 5.75 Å². The lowest BCUT2D eigenvalue weighted by molar-refractivity contribution is -0.0499. The van der Waals surface area contributed by atoms with Gasteiger partial charge in [-0.15, -0.1) is 0 Å². The van der Waals surface area contributed by atoms with Gasteiger partial charge in [-0.25, -0.2) is 0 Å². The highest BCUT2D eigenvalue weighted by Crippen LogP contribution is 2.26. The van der Waals surface area contributed by atoms with Crippen LogP contribution in [0.3, 0.4) is 0 Å². The van der Waals surface area contributed by atoms with Crippen LogP contribution in [0.25, 0.3) is 0 Å². The van der Waals surface area contributed by atoms with Crippen molar-refractivity contribution in [3.63, 3.8) is 0 Å². The summed E-state index contributed by atoms with van der Waals surface area (Å²) in [6, 6.07) is 2.49. The van der Waals surface area contributed by atoms with Crippen LogP contribution in [-0.4, -0.2) is 27.0 Å². The fourth-order valence-electron chi connectivity index (χ4n) is 1.19. The molecule has 18 heavy (non-hydrogen) atoms. The molecule has 9 heteroatoms. The van der Waals surface area contributed by atoms with E-state index in [1.807, 2.05) is 19.6 Å². The molecule has 0 saturated carbocycles. The first-order chi connectivity index (χ1) is 7.95. The second-order valence-corrected chi connectivity index (χ2v) is 11.1. The topological polar surface area (TPSA) is 56.3 Å². The summed E-state index contributed by atoms with van der Waals surface area (Å²) >= 11 is 0. The molecule has 1 heterocycles. The Morgan fingerprint density at radius 1 is 1.28 bits per heavy atom. The molecule has 1 aromatic heterocycles. The number of pyridine rings is 1. The van der Waals surface area contributed by atoms with Crippen molar-refractivity contribution >= 4 is 23.5 Å². The average Bonchev–Trinajstić information content (AvgIpc) is 2.14. The summed E-state index contributed by atoms with van der Waals surface area (Å²) in [5.74, 6) is -0.353. The summed E-state index contributed by atoms with van der Waals surface area (Å²) in [6.45, 7) is 5.47. The van der Waals surface area contributed by atoms with Gasteiger partial charge in [0.25, 0.3) is 0 Å². The molecule has 4 nitrogen and oxygen atoms in total. The average molecular weight is 299 g/mol. The quantitative estimate of drug-likeness (QED) is 0.485. The molecule has 0 spiro atoms. The predicted molar refractivity (Wildman–Crippen MR) is 62.8 cm³/mol. The van der Waals surface area contributed by atoms with E-state index in [1.165, 1.54) is 18.3 Å². The highest BCUT2D eigenvalue weighted by molar-refractivity contribution is 7.88. The van der Waals surface area contributed by atoms with Crippen LogP contribution >= 0.6 is 0 Å². The van der Waals surface area contributed by atoms with Gasteiger partial charge in [0.2, 0.25) is 0 Å². The summed E-state index contributed by atoms with van der Waals surface area (Å²) in [4.78, 5) is 3.92. The number of halogens is 3. The lowest BCUT2D eigenvalue weighted by Crippen LogP contribution is -2.42. The number of hydrogen-bond donors (Lipinski definition) is 0. The minimum absolute atomic E-state index is 0.276. The number of rotatable bonds is 3. The van der Waals surface area contributed by atoms with E-state index in [0.717, 1.165) is 0 Å². The van der Waals surface area contributed by atoms with Crippen LogP contribution in [0.15, 0.2) is 18.3 Å². The van der Waals surface area contributed by atoms with Gasteiger partial charge in [-0.1, -0.05) is 19.6 Å². The Labute approximate surface area is 104 Å². The van der Waals surface area contributed by atoms with Gasteiger partial charge in [0.05, 0.1) is 5.32 Å². The van der Waals surface area contributed by atoms with Gasteiger partial charge in [0, 0.05) is 6.20 Å². The standard InChI is InChI=1S/C9H12F3NO3SSi/c1-18(2,3)8-7(5-4-6-13-8)16-17(14,15)9(10,11)12/h4-6H,1-3H3. The molecular formula is C9H12F3NO3SSi. The molecule has 0 amide bonds. The lowest BCUT2D eigenvalue weighted by Gasteiger charge is -2.19. The van der Waals surface area contributed by atoms with Crippen molar-refractivity contribution in [2.24, 2.45) is 0 Å². The van der Waals surface area contributed by atoms with Crippen molar-refractivity contribution in [3.8, 4) is 5.75 Å².